The zero-order valence-corrected chi connectivity index (χ0v) is 13.3. The van der Waals surface area contributed by atoms with Crippen molar-refractivity contribution in [2.24, 2.45) is 16.7 Å². The van der Waals surface area contributed by atoms with Crippen molar-refractivity contribution in [3.05, 3.63) is 35.4 Å². The monoisotopic (exact) mass is 299 g/mol. The minimum Gasteiger partial charge on any atom is -0.310 e. The van der Waals surface area contributed by atoms with Gasteiger partial charge in [0.1, 0.15) is 0 Å². The highest BCUT2D eigenvalue weighted by atomic mass is 19.4. The summed E-state index contributed by atoms with van der Waals surface area (Å²) in [6.45, 7) is 11.7. The Morgan fingerprint density at radius 2 is 1.52 bits per heavy atom. The van der Waals surface area contributed by atoms with Gasteiger partial charge in [-0.05, 0) is 41.0 Å². The van der Waals surface area contributed by atoms with Gasteiger partial charge in [0.05, 0.1) is 5.56 Å². The first-order valence-electron chi connectivity index (χ1n) is 7.44. The average molecular weight is 299 g/mol. The van der Waals surface area contributed by atoms with Crippen LogP contribution in [0, 0.1) is 16.7 Å². The maximum Gasteiger partial charge on any atom is 0.416 e. The lowest BCUT2D eigenvalue weighted by atomic mass is 9.95. The molecule has 1 nitrogen and oxygen atoms in total. The molecule has 1 N–H and O–H groups in total. The Bertz CT molecular complexity index is 486. The molecule has 0 saturated heterocycles. The molecular formula is C17H24F3N. The highest BCUT2D eigenvalue weighted by molar-refractivity contribution is 5.31. The van der Waals surface area contributed by atoms with Crippen LogP contribution in [-0.4, -0.2) is 6.54 Å². The fourth-order valence-electron chi connectivity index (χ4n) is 3.61. The molecule has 0 bridgehead atoms. The Balaban J connectivity index is 2.29. The zero-order chi connectivity index (χ0) is 16.1. The fourth-order valence-corrected chi connectivity index (χ4v) is 3.61. The molecule has 1 saturated carbocycles. The van der Waals surface area contributed by atoms with Crippen molar-refractivity contribution in [3.63, 3.8) is 0 Å². The molecule has 1 aliphatic carbocycles. The lowest BCUT2D eigenvalue weighted by Crippen LogP contribution is -2.25. The molecule has 1 atom stereocenters. The summed E-state index contributed by atoms with van der Waals surface area (Å²) in [7, 11) is 0. The largest absolute Gasteiger partial charge is 0.416 e. The van der Waals surface area contributed by atoms with E-state index in [1.165, 1.54) is 12.1 Å². The van der Waals surface area contributed by atoms with E-state index in [1.54, 1.807) is 12.1 Å². The van der Waals surface area contributed by atoms with E-state index in [1.807, 2.05) is 6.92 Å². The summed E-state index contributed by atoms with van der Waals surface area (Å²) in [4.78, 5) is 0. The molecule has 0 aromatic heterocycles. The normalized spacial score (nSPS) is 22.1. The van der Waals surface area contributed by atoms with E-state index >= 15 is 0 Å². The molecule has 1 unspecified atom stereocenters. The third-order valence-corrected chi connectivity index (χ3v) is 5.49. The molecule has 21 heavy (non-hydrogen) atoms. The molecule has 0 amide bonds. The Hall–Kier alpha value is -1.03. The molecule has 0 spiro atoms. The van der Waals surface area contributed by atoms with Crippen molar-refractivity contribution >= 4 is 0 Å². The number of hydrogen-bond donors (Lipinski definition) is 1. The molecule has 0 heterocycles. The van der Waals surface area contributed by atoms with Gasteiger partial charge in [-0.25, -0.2) is 0 Å². The second kappa shape index (κ2) is 5.01. The molecule has 1 aliphatic rings. The van der Waals surface area contributed by atoms with Crippen LogP contribution in [0.2, 0.25) is 0 Å². The Morgan fingerprint density at radius 1 is 1.05 bits per heavy atom. The number of nitrogens with one attached hydrogen (secondary N) is 1. The number of hydrogen-bond acceptors (Lipinski definition) is 1. The van der Waals surface area contributed by atoms with Crippen molar-refractivity contribution in [1.82, 2.24) is 5.32 Å². The van der Waals surface area contributed by atoms with Crippen LogP contribution in [0.15, 0.2) is 24.3 Å². The van der Waals surface area contributed by atoms with Gasteiger partial charge in [0, 0.05) is 6.04 Å². The third kappa shape index (κ3) is 2.70. The summed E-state index contributed by atoms with van der Waals surface area (Å²) in [6.07, 6.45) is -4.27. The van der Waals surface area contributed by atoms with Gasteiger partial charge in [-0.3, -0.25) is 0 Å². The van der Waals surface area contributed by atoms with Crippen LogP contribution in [0.4, 0.5) is 13.2 Å². The van der Waals surface area contributed by atoms with Crippen molar-refractivity contribution in [3.8, 4) is 0 Å². The SMILES string of the molecule is CCNC(c1ccc(C(F)(F)F)cc1)C1C(C)(C)C1(C)C. The van der Waals surface area contributed by atoms with E-state index in [4.69, 9.17) is 0 Å². The quantitative estimate of drug-likeness (QED) is 0.821. The van der Waals surface area contributed by atoms with Gasteiger partial charge < -0.3 is 5.32 Å². The predicted octanol–water partition coefficient (Wildman–Crippen LogP) is 5.04. The van der Waals surface area contributed by atoms with Crippen LogP contribution in [0.1, 0.15) is 51.8 Å². The number of rotatable bonds is 4. The standard InChI is InChI=1S/C17H24F3N/c1-6-21-13(14-15(2,3)16(14,4)5)11-7-9-12(10-8-11)17(18,19)20/h7-10,13-14,21H,6H2,1-5H3. The lowest BCUT2D eigenvalue weighted by molar-refractivity contribution is -0.137. The summed E-state index contributed by atoms with van der Waals surface area (Å²) in [5, 5.41) is 3.45. The molecule has 118 valence electrons. The molecule has 1 aromatic carbocycles. The first kappa shape index (κ1) is 16.3. The third-order valence-electron chi connectivity index (χ3n) is 5.49. The number of alkyl halides is 3. The van der Waals surface area contributed by atoms with Crippen LogP contribution in [0.5, 0.6) is 0 Å². The molecular weight excluding hydrogens is 275 g/mol. The zero-order valence-electron chi connectivity index (χ0n) is 13.3. The Labute approximate surface area is 124 Å². The van der Waals surface area contributed by atoms with Crippen molar-refractivity contribution in [2.45, 2.75) is 46.8 Å². The average Bonchev–Trinajstić information content (AvgIpc) is 2.76. The van der Waals surface area contributed by atoms with Gasteiger partial charge in [-0.2, -0.15) is 13.2 Å². The van der Waals surface area contributed by atoms with Gasteiger partial charge in [-0.15, -0.1) is 0 Å². The topological polar surface area (TPSA) is 12.0 Å². The van der Waals surface area contributed by atoms with Crippen molar-refractivity contribution < 1.29 is 13.2 Å². The van der Waals surface area contributed by atoms with Gasteiger partial charge >= 0.3 is 6.18 Å². The molecule has 2 rings (SSSR count). The van der Waals surface area contributed by atoms with E-state index < -0.39 is 11.7 Å². The summed E-state index contributed by atoms with van der Waals surface area (Å²) in [5.74, 6) is 0.418. The van der Waals surface area contributed by atoms with E-state index in [0.29, 0.717) is 5.92 Å². The second-order valence-corrected chi connectivity index (χ2v) is 7.08. The highest BCUT2D eigenvalue weighted by Gasteiger charge is 2.67. The molecule has 0 aliphatic heterocycles. The second-order valence-electron chi connectivity index (χ2n) is 7.08. The van der Waals surface area contributed by atoms with Gasteiger partial charge in [-0.1, -0.05) is 46.8 Å². The van der Waals surface area contributed by atoms with Crippen LogP contribution in [-0.2, 0) is 6.18 Å². The van der Waals surface area contributed by atoms with Gasteiger partial charge in [0.15, 0.2) is 0 Å². The van der Waals surface area contributed by atoms with E-state index in [0.717, 1.165) is 12.1 Å². The number of benzene rings is 1. The smallest absolute Gasteiger partial charge is 0.310 e. The minimum atomic E-state index is -4.27. The van der Waals surface area contributed by atoms with Crippen LogP contribution < -0.4 is 5.32 Å². The summed E-state index contributed by atoms with van der Waals surface area (Å²) in [5.41, 5.74) is 0.717. The van der Waals surface area contributed by atoms with Crippen molar-refractivity contribution in [1.29, 1.82) is 0 Å². The summed E-state index contributed by atoms with van der Waals surface area (Å²) < 4.78 is 38.0. The summed E-state index contributed by atoms with van der Waals surface area (Å²) >= 11 is 0. The fraction of sp³-hybridized carbons (Fsp3) is 0.647. The maximum absolute atomic E-state index is 12.7. The minimum absolute atomic E-state index is 0.0993. The Morgan fingerprint density at radius 3 is 1.86 bits per heavy atom. The summed E-state index contributed by atoms with van der Waals surface area (Å²) in [6, 6.07) is 5.69. The highest BCUT2D eigenvalue weighted by Crippen LogP contribution is 2.72. The molecule has 4 heteroatoms. The molecule has 0 radical (unpaired) electrons. The number of halogens is 3. The van der Waals surface area contributed by atoms with E-state index in [9.17, 15) is 13.2 Å². The van der Waals surface area contributed by atoms with E-state index in [2.05, 4.69) is 33.0 Å². The van der Waals surface area contributed by atoms with Gasteiger partial charge in [0.25, 0.3) is 0 Å². The molecule has 1 aromatic rings. The van der Waals surface area contributed by atoms with E-state index in [-0.39, 0.29) is 16.9 Å². The Kier molecular flexibility index (Phi) is 3.90. The van der Waals surface area contributed by atoms with Crippen LogP contribution >= 0.6 is 0 Å². The first-order chi connectivity index (χ1) is 9.53. The van der Waals surface area contributed by atoms with Crippen molar-refractivity contribution in [2.75, 3.05) is 6.54 Å². The van der Waals surface area contributed by atoms with Crippen LogP contribution in [0.25, 0.3) is 0 Å². The lowest BCUT2D eigenvalue weighted by Gasteiger charge is -2.21. The van der Waals surface area contributed by atoms with Gasteiger partial charge in [0.2, 0.25) is 0 Å². The first-order valence-corrected chi connectivity index (χ1v) is 7.44. The maximum atomic E-state index is 12.7. The molecule has 1 fully saturated rings. The van der Waals surface area contributed by atoms with Crippen LogP contribution in [0.3, 0.4) is 0 Å². The predicted molar refractivity (Wildman–Crippen MR) is 78.9 cm³/mol.